The van der Waals surface area contributed by atoms with Gasteiger partial charge in [0.2, 0.25) is 0 Å². The lowest BCUT2D eigenvalue weighted by Crippen LogP contribution is -2.30. The molecule has 1 aromatic carbocycles. The van der Waals surface area contributed by atoms with Gasteiger partial charge in [-0.3, -0.25) is 0 Å². The third-order valence-electron chi connectivity index (χ3n) is 2.09. The number of rotatable bonds is 2. The highest BCUT2D eigenvalue weighted by Gasteiger charge is 2.23. The fraction of sp³-hybridized carbons (Fsp3) is 0.300. The molecular weight excluding hydrogens is 326 g/mol. The van der Waals surface area contributed by atoms with Crippen LogP contribution >= 0.6 is 34.2 Å². The van der Waals surface area contributed by atoms with E-state index in [4.69, 9.17) is 11.6 Å². The minimum Gasteiger partial charge on any atom is -0.335 e. The van der Waals surface area contributed by atoms with Crippen molar-refractivity contribution in [3.05, 3.63) is 26.8 Å². The maximum Gasteiger partial charge on any atom is 0.319 e. The van der Waals surface area contributed by atoms with Crippen molar-refractivity contribution in [1.29, 1.82) is 0 Å². The molecule has 3 nitrogen and oxygen atoms in total. The highest BCUT2D eigenvalue weighted by molar-refractivity contribution is 14.1. The summed E-state index contributed by atoms with van der Waals surface area (Å²) in [5, 5.41) is 6.12. The molecule has 0 heterocycles. The van der Waals surface area contributed by atoms with Gasteiger partial charge in [0.1, 0.15) is 0 Å². The number of carbonyl (C=O) groups is 1. The van der Waals surface area contributed by atoms with Crippen LogP contribution in [0.1, 0.15) is 12.8 Å². The van der Waals surface area contributed by atoms with Crippen molar-refractivity contribution < 1.29 is 4.79 Å². The number of benzene rings is 1. The Kier molecular flexibility index (Phi) is 3.35. The Hall–Kier alpha value is -0.490. The number of nitrogens with one attached hydrogen (secondary N) is 2. The van der Waals surface area contributed by atoms with Gasteiger partial charge >= 0.3 is 6.03 Å². The minimum absolute atomic E-state index is 0.180. The van der Waals surface area contributed by atoms with E-state index >= 15 is 0 Å². The lowest BCUT2D eigenvalue weighted by atomic mass is 10.3. The molecule has 1 saturated carbocycles. The summed E-state index contributed by atoms with van der Waals surface area (Å²) in [6.07, 6.45) is 2.15. The van der Waals surface area contributed by atoms with Crippen LogP contribution in [0.2, 0.25) is 5.02 Å². The number of hydrogen-bond acceptors (Lipinski definition) is 1. The molecule has 0 unspecified atom stereocenters. The summed E-state index contributed by atoms with van der Waals surface area (Å²) < 4.78 is 1.05. The Labute approximate surface area is 107 Å². The molecule has 5 heteroatoms. The monoisotopic (exact) mass is 336 g/mol. The largest absolute Gasteiger partial charge is 0.335 e. The van der Waals surface area contributed by atoms with E-state index in [1.165, 1.54) is 0 Å². The quantitative estimate of drug-likeness (QED) is 0.800. The van der Waals surface area contributed by atoms with E-state index in [1.54, 1.807) is 6.07 Å². The third kappa shape index (κ3) is 3.24. The summed E-state index contributed by atoms with van der Waals surface area (Å²) in [6.45, 7) is 0. The molecule has 0 saturated heterocycles. The van der Waals surface area contributed by atoms with Crippen molar-refractivity contribution in [3.8, 4) is 0 Å². The van der Waals surface area contributed by atoms with Gasteiger partial charge in [-0.1, -0.05) is 11.6 Å². The average molecular weight is 337 g/mol. The summed E-state index contributed by atoms with van der Waals surface area (Å²) >= 11 is 8.15. The van der Waals surface area contributed by atoms with Crippen LogP contribution in [0.4, 0.5) is 10.5 Å². The molecule has 0 aliphatic heterocycles. The maximum absolute atomic E-state index is 11.4. The van der Waals surface area contributed by atoms with Gasteiger partial charge in [0, 0.05) is 9.61 Å². The van der Waals surface area contributed by atoms with E-state index in [1.807, 2.05) is 12.1 Å². The molecule has 0 spiro atoms. The zero-order valence-electron chi connectivity index (χ0n) is 7.89. The molecule has 1 fully saturated rings. The maximum atomic E-state index is 11.4. The molecule has 0 aromatic heterocycles. The van der Waals surface area contributed by atoms with Crippen LogP contribution in [0.25, 0.3) is 0 Å². The Morgan fingerprint density at radius 2 is 2.20 bits per heavy atom. The Morgan fingerprint density at radius 3 is 2.80 bits per heavy atom. The van der Waals surface area contributed by atoms with Crippen molar-refractivity contribution >= 4 is 45.9 Å². The molecule has 2 amide bonds. The van der Waals surface area contributed by atoms with Gasteiger partial charge in [-0.2, -0.15) is 0 Å². The zero-order chi connectivity index (χ0) is 10.8. The molecule has 0 atom stereocenters. The van der Waals surface area contributed by atoms with Crippen molar-refractivity contribution in [2.75, 3.05) is 5.32 Å². The second-order valence-corrected chi connectivity index (χ2v) is 5.15. The Balaban J connectivity index is 1.99. The highest BCUT2D eigenvalue weighted by Crippen LogP contribution is 2.24. The van der Waals surface area contributed by atoms with Gasteiger partial charge in [0.25, 0.3) is 0 Å². The summed E-state index contributed by atoms with van der Waals surface area (Å²) in [6, 6.07) is 5.69. The number of carbonyl (C=O) groups excluding carboxylic acids is 1. The lowest BCUT2D eigenvalue weighted by Gasteiger charge is -2.08. The summed E-state index contributed by atoms with van der Waals surface area (Å²) in [7, 11) is 0. The van der Waals surface area contributed by atoms with Crippen molar-refractivity contribution in [3.63, 3.8) is 0 Å². The van der Waals surface area contributed by atoms with Gasteiger partial charge < -0.3 is 10.6 Å². The zero-order valence-corrected chi connectivity index (χ0v) is 10.8. The summed E-state index contributed by atoms with van der Waals surface area (Å²) in [5.74, 6) is 0. The van der Waals surface area contributed by atoms with E-state index < -0.39 is 0 Å². The van der Waals surface area contributed by atoms with Gasteiger partial charge in [-0.05, 0) is 53.6 Å². The van der Waals surface area contributed by atoms with Crippen LogP contribution in [0.3, 0.4) is 0 Å². The van der Waals surface area contributed by atoms with E-state index in [-0.39, 0.29) is 6.03 Å². The standard InChI is InChI=1S/C10H10ClIN2O/c11-8-5-6(12)1-4-9(8)14-10(15)13-7-2-3-7/h1,4-5,7H,2-3H2,(H2,13,14,15). The van der Waals surface area contributed by atoms with Crippen LogP contribution in [0, 0.1) is 3.57 Å². The van der Waals surface area contributed by atoms with Crippen LogP contribution in [-0.4, -0.2) is 12.1 Å². The number of urea groups is 1. The van der Waals surface area contributed by atoms with Crippen molar-refractivity contribution in [2.45, 2.75) is 18.9 Å². The average Bonchev–Trinajstić information content (AvgIpc) is 2.94. The van der Waals surface area contributed by atoms with E-state index in [0.29, 0.717) is 16.8 Å². The number of halogens is 2. The van der Waals surface area contributed by atoms with E-state index in [0.717, 1.165) is 16.4 Å². The number of amides is 2. The topological polar surface area (TPSA) is 41.1 Å². The first-order chi connectivity index (χ1) is 7.15. The lowest BCUT2D eigenvalue weighted by molar-refractivity contribution is 0.251. The summed E-state index contributed by atoms with van der Waals surface area (Å²) in [4.78, 5) is 11.4. The van der Waals surface area contributed by atoms with E-state index in [9.17, 15) is 4.79 Å². The molecule has 2 rings (SSSR count). The third-order valence-corrected chi connectivity index (χ3v) is 3.08. The minimum atomic E-state index is -0.180. The van der Waals surface area contributed by atoms with Crippen molar-refractivity contribution in [2.24, 2.45) is 0 Å². The SMILES string of the molecule is O=C(Nc1ccc(I)cc1Cl)NC1CC1. The normalized spacial score (nSPS) is 14.8. The molecule has 2 N–H and O–H groups in total. The van der Waals surface area contributed by atoms with Gasteiger partial charge in [-0.25, -0.2) is 4.79 Å². The smallest absolute Gasteiger partial charge is 0.319 e. The predicted molar refractivity (Wildman–Crippen MR) is 69.3 cm³/mol. The van der Waals surface area contributed by atoms with Crippen molar-refractivity contribution in [1.82, 2.24) is 5.32 Å². The second-order valence-electron chi connectivity index (χ2n) is 3.50. The molecule has 0 radical (unpaired) electrons. The Bertz CT molecular complexity index is 393. The molecule has 1 aliphatic rings. The molecule has 0 bridgehead atoms. The van der Waals surface area contributed by atoms with Gasteiger partial charge in [0.05, 0.1) is 10.7 Å². The van der Waals surface area contributed by atoms with Crippen LogP contribution in [0.15, 0.2) is 18.2 Å². The fourth-order valence-electron chi connectivity index (χ4n) is 1.16. The van der Waals surface area contributed by atoms with Crippen LogP contribution in [0.5, 0.6) is 0 Å². The molecule has 80 valence electrons. The van der Waals surface area contributed by atoms with Gasteiger partial charge in [0.15, 0.2) is 0 Å². The number of anilines is 1. The molecule has 1 aromatic rings. The first-order valence-electron chi connectivity index (χ1n) is 4.68. The van der Waals surface area contributed by atoms with Crippen LogP contribution in [-0.2, 0) is 0 Å². The van der Waals surface area contributed by atoms with Crippen LogP contribution < -0.4 is 10.6 Å². The fourth-order valence-corrected chi connectivity index (χ4v) is 2.07. The first kappa shape index (κ1) is 11.0. The molecule has 1 aliphatic carbocycles. The molecule has 15 heavy (non-hydrogen) atoms. The Morgan fingerprint density at radius 1 is 1.47 bits per heavy atom. The van der Waals surface area contributed by atoms with Gasteiger partial charge in [-0.15, -0.1) is 0 Å². The predicted octanol–water partition coefficient (Wildman–Crippen LogP) is 3.23. The first-order valence-corrected chi connectivity index (χ1v) is 6.13. The van der Waals surface area contributed by atoms with E-state index in [2.05, 4.69) is 33.2 Å². The second kappa shape index (κ2) is 4.57. The molecular formula is C10H10ClIN2O. The highest BCUT2D eigenvalue weighted by atomic mass is 127. The summed E-state index contributed by atoms with van der Waals surface area (Å²) in [5.41, 5.74) is 0.648. The number of hydrogen-bond donors (Lipinski definition) is 2.